The van der Waals surface area contributed by atoms with E-state index >= 15 is 0 Å². The molecule has 1 saturated heterocycles. The first kappa shape index (κ1) is 19.7. The Hall–Kier alpha value is -2.58. The van der Waals surface area contributed by atoms with Gasteiger partial charge in [0.15, 0.2) is 5.96 Å². The van der Waals surface area contributed by atoms with Gasteiger partial charge in [-0.15, -0.1) is 0 Å². The van der Waals surface area contributed by atoms with Gasteiger partial charge in [-0.2, -0.15) is 8.78 Å². The lowest BCUT2D eigenvalue weighted by molar-refractivity contribution is -0.0504. The SMILES string of the molecule is CCOC(=O)N1CCN(C(=NC)NCc2ccccc2OC(F)F)CC1. The van der Waals surface area contributed by atoms with Crippen molar-refractivity contribution < 1.29 is 23.0 Å². The Balaban J connectivity index is 1.90. The van der Waals surface area contributed by atoms with E-state index in [1.54, 1.807) is 37.1 Å². The van der Waals surface area contributed by atoms with Gasteiger partial charge in [0, 0.05) is 45.3 Å². The zero-order valence-electron chi connectivity index (χ0n) is 15.0. The van der Waals surface area contributed by atoms with Crippen LogP contribution in [-0.2, 0) is 11.3 Å². The molecule has 0 radical (unpaired) electrons. The molecule has 0 aromatic heterocycles. The van der Waals surface area contributed by atoms with E-state index in [0.717, 1.165) is 0 Å². The molecule has 0 atom stereocenters. The first-order valence-corrected chi connectivity index (χ1v) is 8.45. The van der Waals surface area contributed by atoms with Gasteiger partial charge in [-0.05, 0) is 13.0 Å². The summed E-state index contributed by atoms with van der Waals surface area (Å²) in [5, 5.41) is 3.15. The zero-order chi connectivity index (χ0) is 18.9. The van der Waals surface area contributed by atoms with Crippen LogP contribution in [0.2, 0.25) is 0 Å². The number of rotatable bonds is 5. The molecule has 9 heteroatoms. The molecule has 1 aliphatic heterocycles. The summed E-state index contributed by atoms with van der Waals surface area (Å²) in [4.78, 5) is 19.6. The second kappa shape index (κ2) is 9.79. The molecule has 1 N–H and O–H groups in total. The maximum absolute atomic E-state index is 12.5. The van der Waals surface area contributed by atoms with E-state index in [2.05, 4.69) is 15.0 Å². The fourth-order valence-corrected chi connectivity index (χ4v) is 2.68. The van der Waals surface area contributed by atoms with Crippen LogP contribution in [0, 0.1) is 0 Å². The highest BCUT2D eigenvalue weighted by Crippen LogP contribution is 2.20. The summed E-state index contributed by atoms with van der Waals surface area (Å²) in [7, 11) is 1.65. The molecule has 1 aliphatic rings. The highest BCUT2D eigenvalue weighted by atomic mass is 19.3. The first-order chi connectivity index (χ1) is 12.5. The highest BCUT2D eigenvalue weighted by Gasteiger charge is 2.23. The van der Waals surface area contributed by atoms with Crippen molar-refractivity contribution in [2.24, 2.45) is 4.99 Å². The van der Waals surface area contributed by atoms with E-state index in [1.165, 1.54) is 6.07 Å². The average molecular weight is 370 g/mol. The van der Waals surface area contributed by atoms with Crippen molar-refractivity contribution in [2.45, 2.75) is 20.1 Å². The minimum absolute atomic E-state index is 0.137. The van der Waals surface area contributed by atoms with Gasteiger partial charge in [0.25, 0.3) is 0 Å². The predicted molar refractivity (Wildman–Crippen MR) is 93.4 cm³/mol. The molecule has 1 fully saturated rings. The van der Waals surface area contributed by atoms with Gasteiger partial charge >= 0.3 is 12.7 Å². The lowest BCUT2D eigenvalue weighted by atomic mass is 10.2. The van der Waals surface area contributed by atoms with Gasteiger partial charge < -0.3 is 24.6 Å². The third-order valence-electron chi connectivity index (χ3n) is 3.94. The second-order valence-corrected chi connectivity index (χ2v) is 5.56. The van der Waals surface area contributed by atoms with Crippen LogP contribution in [0.25, 0.3) is 0 Å². The number of amides is 1. The number of guanidine groups is 1. The number of hydrogen-bond donors (Lipinski definition) is 1. The van der Waals surface area contributed by atoms with Gasteiger partial charge in [0.05, 0.1) is 6.61 Å². The highest BCUT2D eigenvalue weighted by molar-refractivity contribution is 5.80. The van der Waals surface area contributed by atoms with E-state index in [9.17, 15) is 13.6 Å². The number of hydrogen-bond acceptors (Lipinski definition) is 4. The van der Waals surface area contributed by atoms with E-state index in [-0.39, 0.29) is 11.8 Å². The summed E-state index contributed by atoms with van der Waals surface area (Å²) in [5.74, 6) is 0.776. The van der Waals surface area contributed by atoms with E-state index in [4.69, 9.17) is 4.74 Å². The molecule has 0 aliphatic carbocycles. The fourth-order valence-electron chi connectivity index (χ4n) is 2.68. The number of para-hydroxylation sites is 1. The summed E-state index contributed by atoms with van der Waals surface area (Å²) >= 11 is 0. The van der Waals surface area contributed by atoms with Gasteiger partial charge in [-0.1, -0.05) is 18.2 Å². The first-order valence-electron chi connectivity index (χ1n) is 8.45. The molecule has 0 bridgehead atoms. The number of benzene rings is 1. The van der Waals surface area contributed by atoms with Gasteiger partial charge in [-0.25, -0.2) is 4.79 Å². The van der Waals surface area contributed by atoms with Crippen LogP contribution in [0.3, 0.4) is 0 Å². The van der Waals surface area contributed by atoms with Crippen molar-refractivity contribution in [1.29, 1.82) is 0 Å². The van der Waals surface area contributed by atoms with Crippen LogP contribution in [0.4, 0.5) is 13.6 Å². The summed E-state index contributed by atoms with van der Waals surface area (Å²) in [6.45, 7) is 1.83. The third kappa shape index (κ3) is 5.47. The van der Waals surface area contributed by atoms with Crippen LogP contribution >= 0.6 is 0 Å². The Morgan fingerprint density at radius 1 is 1.23 bits per heavy atom. The van der Waals surface area contributed by atoms with Crippen LogP contribution in [0.15, 0.2) is 29.3 Å². The van der Waals surface area contributed by atoms with Crippen molar-refractivity contribution in [1.82, 2.24) is 15.1 Å². The van der Waals surface area contributed by atoms with E-state index in [1.807, 2.05) is 4.90 Å². The van der Waals surface area contributed by atoms with Crippen molar-refractivity contribution in [3.8, 4) is 5.75 Å². The summed E-state index contributed by atoms with van der Waals surface area (Å²) in [5.41, 5.74) is 0.610. The number of aliphatic imine (C=N–C) groups is 1. The lowest BCUT2D eigenvalue weighted by Gasteiger charge is -2.35. The van der Waals surface area contributed by atoms with Crippen molar-refractivity contribution in [3.05, 3.63) is 29.8 Å². The average Bonchev–Trinajstić information content (AvgIpc) is 2.64. The molecular formula is C17H24F2N4O3. The number of carbonyl (C=O) groups excluding carboxylic acids is 1. The maximum atomic E-state index is 12.5. The van der Waals surface area contributed by atoms with Gasteiger partial charge in [0.1, 0.15) is 5.75 Å². The number of ether oxygens (including phenoxy) is 2. The summed E-state index contributed by atoms with van der Waals surface area (Å²) in [6, 6.07) is 6.63. The van der Waals surface area contributed by atoms with Crippen molar-refractivity contribution in [2.75, 3.05) is 39.8 Å². The van der Waals surface area contributed by atoms with Crippen molar-refractivity contribution >= 4 is 12.1 Å². The normalized spacial score (nSPS) is 15.2. The number of carbonyl (C=O) groups is 1. The standard InChI is InChI=1S/C17H24F2N4O3/c1-3-25-17(24)23-10-8-22(9-11-23)16(20-2)21-12-13-6-4-5-7-14(13)26-15(18)19/h4-7,15H,3,8-12H2,1-2H3,(H,20,21). The topological polar surface area (TPSA) is 66.4 Å². The molecule has 144 valence electrons. The second-order valence-electron chi connectivity index (χ2n) is 5.56. The minimum Gasteiger partial charge on any atom is -0.450 e. The van der Waals surface area contributed by atoms with Crippen LogP contribution in [0.1, 0.15) is 12.5 Å². The van der Waals surface area contributed by atoms with E-state index in [0.29, 0.717) is 50.9 Å². The van der Waals surface area contributed by atoms with Gasteiger partial charge in [-0.3, -0.25) is 4.99 Å². The number of nitrogens with one attached hydrogen (secondary N) is 1. The Morgan fingerprint density at radius 2 is 1.88 bits per heavy atom. The van der Waals surface area contributed by atoms with E-state index < -0.39 is 6.61 Å². The Labute approximate surface area is 151 Å². The zero-order valence-corrected chi connectivity index (χ0v) is 15.0. The number of nitrogens with zero attached hydrogens (tertiary/aromatic N) is 3. The molecular weight excluding hydrogens is 346 g/mol. The van der Waals surface area contributed by atoms with Crippen LogP contribution < -0.4 is 10.1 Å². The quantitative estimate of drug-likeness (QED) is 0.635. The third-order valence-corrected chi connectivity index (χ3v) is 3.94. The molecule has 1 heterocycles. The Morgan fingerprint density at radius 3 is 2.50 bits per heavy atom. The summed E-state index contributed by atoms with van der Waals surface area (Å²) in [6.07, 6.45) is -0.312. The molecule has 0 saturated carbocycles. The molecule has 1 aromatic carbocycles. The number of piperazine rings is 1. The minimum atomic E-state index is -2.87. The smallest absolute Gasteiger partial charge is 0.409 e. The fraction of sp³-hybridized carbons (Fsp3) is 0.529. The number of halogens is 2. The molecule has 0 spiro atoms. The Bertz CT molecular complexity index is 620. The molecule has 7 nitrogen and oxygen atoms in total. The van der Waals surface area contributed by atoms with Gasteiger partial charge in [0.2, 0.25) is 0 Å². The van der Waals surface area contributed by atoms with Crippen LogP contribution in [-0.4, -0.2) is 68.3 Å². The largest absolute Gasteiger partial charge is 0.450 e. The Kier molecular flexibility index (Phi) is 7.43. The van der Waals surface area contributed by atoms with Crippen molar-refractivity contribution in [3.63, 3.8) is 0 Å². The molecule has 1 aromatic rings. The molecule has 1 amide bonds. The van der Waals surface area contributed by atoms with Crippen LogP contribution in [0.5, 0.6) is 5.75 Å². The lowest BCUT2D eigenvalue weighted by Crippen LogP contribution is -2.53. The maximum Gasteiger partial charge on any atom is 0.409 e. The molecule has 2 rings (SSSR count). The monoisotopic (exact) mass is 370 g/mol. The molecule has 0 unspecified atom stereocenters. The summed E-state index contributed by atoms with van der Waals surface area (Å²) < 4.78 is 34.5. The molecule has 26 heavy (non-hydrogen) atoms. The predicted octanol–water partition coefficient (Wildman–Crippen LogP) is 2.14. The number of alkyl halides is 2.